The minimum Gasteiger partial charge on any atom is -0.0579 e. The van der Waals surface area contributed by atoms with Crippen molar-refractivity contribution in [3.63, 3.8) is 0 Å². The molecule has 0 heterocycles. The molecule has 0 aromatic heterocycles. The average molecular weight is 430 g/mol. The van der Waals surface area contributed by atoms with E-state index in [1.807, 2.05) is 0 Å². The van der Waals surface area contributed by atoms with Crippen LogP contribution in [0.5, 0.6) is 0 Å². The molecule has 5 rings (SSSR count). The Hall–Kier alpha value is -3.12. The van der Waals surface area contributed by atoms with E-state index < -0.39 is 0 Å². The van der Waals surface area contributed by atoms with Crippen LogP contribution in [0.1, 0.15) is 63.8 Å². The minimum absolute atomic E-state index is 0.173. The summed E-state index contributed by atoms with van der Waals surface area (Å²) < 4.78 is 0. The molecule has 1 aliphatic rings. The van der Waals surface area contributed by atoms with Crippen molar-refractivity contribution in [3.8, 4) is 33.4 Å². The third-order valence-corrected chi connectivity index (χ3v) is 6.94. The van der Waals surface area contributed by atoms with E-state index in [0.717, 1.165) is 6.42 Å². The van der Waals surface area contributed by atoms with Crippen molar-refractivity contribution < 1.29 is 0 Å². The second kappa shape index (κ2) is 7.73. The SMILES string of the molecule is CC(C)(C)c1ccc(-c2[c]c3c(cc2)-c2ccc(-c4ccc(C(C)(C)C)cc4)cc2C3)cc1. The lowest BCUT2D eigenvalue weighted by atomic mass is 9.86. The molecule has 0 atom stereocenters. The molecule has 0 saturated heterocycles. The van der Waals surface area contributed by atoms with Crippen LogP contribution in [0.3, 0.4) is 0 Å². The standard InChI is InChI=1S/C33H33/c1-32(2,3)28-13-7-22(8-14-28)24-11-17-30-26(19-24)21-27-20-25(12-18-31(27)30)23-9-15-29(16-10-23)33(4,5)6/h7-19H,21H2,1-6H3. The van der Waals surface area contributed by atoms with E-state index in [-0.39, 0.29) is 10.8 Å². The van der Waals surface area contributed by atoms with Gasteiger partial charge in [-0.1, -0.05) is 120 Å². The Kier molecular flexibility index (Phi) is 5.09. The second-order valence-corrected chi connectivity index (χ2v) is 11.5. The molecule has 0 heteroatoms. The van der Waals surface area contributed by atoms with Crippen LogP contribution in [0.2, 0.25) is 0 Å². The summed E-state index contributed by atoms with van der Waals surface area (Å²) in [5, 5.41) is 0. The summed E-state index contributed by atoms with van der Waals surface area (Å²) in [6, 6.07) is 33.2. The number of benzene rings is 4. The van der Waals surface area contributed by atoms with E-state index in [0.29, 0.717) is 0 Å². The first-order valence-electron chi connectivity index (χ1n) is 12.0. The van der Waals surface area contributed by atoms with E-state index in [1.165, 1.54) is 55.6 Å². The zero-order chi connectivity index (χ0) is 23.4. The van der Waals surface area contributed by atoms with Crippen LogP contribution in [-0.2, 0) is 17.3 Å². The maximum Gasteiger partial charge on any atom is -0.000684 e. The third-order valence-electron chi connectivity index (χ3n) is 6.94. The van der Waals surface area contributed by atoms with Crippen molar-refractivity contribution in [1.82, 2.24) is 0 Å². The molecule has 0 amide bonds. The van der Waals surface area contributed by atoms with E-state index in [9.17, 15) is 0 Å². The molecule has 0 aliphatic heterocycles. The van der Waals surface area contributed by atoms with Gasteiger partial charge in [0.25, 0.3) is 0 Å². The van der Waals surface area contributed by atoms with Gasteiger partial charge in [0, 0.05) is 0 Å². The molecule has 0 unspecified atom stereocenters. The highest BCUT2D eigenvalue weighted by molar-refractivity contribution is 5.82. The second-order valence-electron chi connectivity index (χ2n) is 11.5. The molecule has 0 bridgehead atoms. The maximum absolute atomic E-state index is 3.73. The summed E-state index contributed by atoms with van der Waals surface area (Å²) in [6.45, 7) is 13.6. The predicted molar refractivity (Wildman–Crippen MR) is 142 cm³/mol. The normalized spacial score (nSPS) is 13.0. The van der Waals surface area contributed by atoms with Crippen LogP contribution in [0, 0.1) is 6.07 Å². The molecule has 33 heavy (non-hydrogen) atoms. The fourth-order valence-corrected chi connectivity index (χ4v) is 4.78. The molecule has 0 nitrogen and oxygen atoms in total. The van der Waals surface area contributed by atoms with Gasteiger partial charge in [-0.05, 0) is 79.0 Å². The molecule has 1 aliphatic carbocycles. The summed E-state index contributed by atoms with van der Waals surface area (Å²) in [5.74, 6) is 0. The van der Waals surface area contributed by atoms with Crippen LogP contribution < -0.4 is 0 Å². The zero-order valence-corrected chi connectivity index (χ0v) is 20.7. The lowest BCUT2D eigenvalue weighted by molar-refractivity contribution is 0.590. The maximum atomic E-state index is 3.73. The summed E-state index contributed by atoms with van der Waals surface area (Å²) in [5.41, 5.74) is 13.5. The Balaban J connectivity index is 1.42. The highest BCUT2D eigenvalue weighted by atomic mass is 14.2. The van der Waals surface area contributed by atoms with Crippen molar-refractivity contribution in [2.75, 3.05) is 0 Å². The van der Waals surface area contributed by atoms with Crippen LogP contribution in [0.4, 0.5) is 0 Å². The Bertz CT molecular complexity index is 1200. The topological polar surface area (TPSA) is 0 Å². The van der Waals surface area contributed by atoms with Gasteiger partial charge in [0.1, 0.15) is 0 Å². The van der Waals surface area contributed by atoms with Gasteiger partial charge in [0.05, 0.1) is 0 Å². The van der Waals surface area contributed by atoms with Crippen molar-refractivity contribution in [3.05, 3.63) is 107 Å². The van der Waals surface area contributed by atoms with Gasteiger partial charge >= 0.3 is 0 Å². The van der Waals surface area contributed by atoms with Crippen molar-refractivity contribution >= 4 is 0 Å². The van der Waals surface area contributed by atoms with Crippen LogP contribution in [-0.4, -0.2) is 0 Å². The van der Waals surface area contributed by atoms with E-state index in [2.05, 4.69) is 126 Å². The van der Waals surface area contributed by atoms with Crippen LogP contribution in [0.25, 0.3) is 33.4 Å². The van der Waals surface area contributed by atoms with Gasteiger partial charge in [-0.15, -0.1) is 0 Å². The highest BCUT2D eigenvalue weighted by Crippen LogP contribution is 2.40. The smallest absolute Gasteiger partial charge is 0.000684 e. The van der Waals surface area contributed by atoms with Crippen molar-refractivity contribution in [2.45, 2.75) is 58.8 Å². The number of hydrogen-bond donors (Lipinski definition) is 0. The van der Waals surface area contributed by atoms with Crippen LogP contribution >= 0.6 is 0 Å². The summed E-state index contributed by atoms with van der Waals surface area (Å²) in [7, 11) is 0. The van der Waals surface area contributed by atoms with E-state index in [1.54, 1.807) is 0 Å². The number of fused-ring (bicyclic) bond motifs is 3. The Morgan fingerprint density at radius 1 is 0.545 bits per heavy atom. The molecule has 0 N–H and O–H groups in total. The van der Waals surface area contributed by atoms with Gasteiger partial charge in [-0.2, -0.15) is 0 Å². The highest BCUT2D eigenvalue weighted by Gasteiger charge is 2.21. The lowest BCUT2D eigenvalue weighted by Gasteiger charge is -2.19. The average Bonchev–Trinajstić information content (AvgIpc) is 3.15. The molecule has 165 valence electrons. The molecule has 0 spiro atoms. The van der Waals surface area contributed by atoms with Gasteiger partial charge < -0.3 is 0 Å². The summed E-state index contributed by atoms with van der Waals surface area (Å²) >= 11 is 0. The lowest BCUT2D eigenvalue weighted by Crippen LogP contribution is -2.10. The van der Waals surface area contributed by atoms with Crippen molar-refractivity contribution in [1.29, 1.82) is 0 Å². The van der Waals surface area contributed by atoms with Gasteiger partial charge in [0.15, 0.2) is 0 Å². The largest absolute Gasteiger partial charge is 0.0579 e. The minimum atomic E-state index is 0.173. The zero-order valence-electron chi connectivity index (χ0n) is 20.7. The summed E-state index contributed by atoms with van der Waals surface area (Å²) in [6.07, 6.45) is 0.951. The first-order valence-corrected chi connectivity index (χ1v) is 12.0. The molecule has 4 aromatic rings. The van der Waals surface area contributed by atoms with E-state index >= 15 is 0 Å². The first kappa shape index (κ1) is 21.7. The predicted octanol–water partition coefficient (Wildman–Crippen LogP) is 8.99. The Morgan fingerprint density at radius 2 is 1.06 bits per heavy atom. The quantitative estimate of drug-likeness (QED) is 0.263. The molecular weight excluding hydrogens is 396 g/mol. The Morgan fingerprint density at radius 3 is 1.64 bits per heavy atom. The summed E-state index contributed by atoms with van der Waals surface area (Å²) in [4.78, 5) is 0. The third kappa shape index (κ3) is 4.15. The monoisotopic (exact) mass is 429 g/mol. The fraction of sp³-hybridized carbons (Fsp3) is 0.273. The fourth-order valence-electron chi connectivity index (χ4n) is 4.78. The number of hydrogen-bond acceptors (Lipinski definition) is 0. The van der Waals surface area contributed by atoms with Crippen molar-refractivity contribution in [2.24, 2.45) is 0 Å². The van der Waals surface area contributed by atoms with Crippen LogP contribution in [0.15, 0.2) is 78.9 Å². The van der Waals surface area contributed by atoms with Gasteiger partial charge in [-0.25, -0.2) is 0 Å². The van der Waals surface area contributed by atoms with Gasteiger partial charge in [-0.3, -0.25) is 0 Å². The molecule has 0 fully saturated rings. The molecule has 4 aromatic carbocycles. The molecule has 0 saturated carbocycles. The Labute approximate surface area is 199 Å². The van der Waals surface area contributed by atoms with E-state index in [4.69, 9.17) is 0 Å². The molecule has 1 radical (unpaired) electrons. The molecular formula is C33H33. The van der Waals surface area contributed by atoms with Gasteiger partial charge in [0.2, 0.25) is 0 Å². The number of rotatable bonds is 2. The first-order chi connectivity index (χ1) is 15.6.